The molecule has 0 heterocycles. The van der Waals surface area contributed by atoms with Crippen LogP contribution in [-0.2, 0) is 4.79 Å². The van der Waals surface area contributed by atoms with Crippen LogP contribution in [0.2, 0.25) is 0 Å². The first-order valence-corrected chi connectivity index (χ1v) is 6.29. The van der Waals surface area contributed by atoms with E-state index in [-0.39, 0.29) is 18.6 Å². The van der Waals surface area contributed by atoms with Crippen molar-refractivity contribution < 1.29 is 23.8 Å². The van der Waals surface area contributed by atoms with Gasteiger partial charge in [-0.1, -0.05) is 18.8 Å². The van der Waals surface area contributed by atoms with E-state index in [4.69, 9.17) is 5.11 Å². The SMILES string of the molecule is CC1=C(C(F)F)C(=O)CC(C)C1(O)C#C/C(C)=C\CO. The lowest BCUT2D eigenvalue weighted by atomic mass is 9.72. The van der Waals surface area contributed by atoms with E-state index in [2.05, 4.69) is 11.8 Å². The molecule has 5 heteroatoms. The lowest BCUT2D eigenvalue weighted by Gasteiger charge is -2.35. The van der Waals surface area contributed by atoms with E-state index < -0.39 is 29.3 Å². The molecule has 1 rings (SSSR count). The average molecular weight is 284 g/mol. The van der Waals surface area contributed by atoms with Gasteiger partial charge in [-0.15, -0.1) is 0 Å². The second-order valence-corrected chi connectivity index (χ2v) is 4.95. The molecule has 0 fully saturated rings. The van der Waals surface area contributed by atoms with Gasteiger partial charge in [0, 0.05) is 12.3 Å². The highest BCUT2D eigenvalue weighted by Gasteiger charge is 2.44. The van der Waals surface area contributed by atoms with Gasteiger partial charge in [-0.05, 0) is 31.1 Å². The second kappa shape index (κ2) is 6.29. The Labute approximate surface area is 117 Å². The number of hydrogen-bond acceptors (Lipinski definition) is 3. The van der Waals surface area contributed by atoms with Crippen LogP contribution in [-0.4, -0.2) is 34.6 Å². The summed E-state index contributed by atoms with van der Waals surface area (Å²) in [7, 11) is 0. The van der Waals surface area contributed by atoms with Gasteiger partial charge in [0.15, 0.2) is 11.4 Å². The van der Waals surface area contributed by atoms with Crippen LogP contribution in [0.15, 0.2) is 22.8 Å². The highest BCUT2D eigenvalue weighted by Crippen LogP contribution is 2.38. The number of Topliss-reactive ketones (excluding diaryl/α,β-unsaturated/α-hetero) is 1. The van der Waals surface area contributed by atoms with E-state index in [9.17, 15) is 18.7 Å². The van der Waals surface area contributed by atoms with E-state index in [0.29, 0.717) is 5.57 Å². The number of alkyl halides is 2. The van der Waals surface area contributed by atoms with E-state index >= 15 is 0 Å². The fourth-order valence-electron chi connectivity index (χ4n) is 2.20. The largest absolute Gasteiger partial charge is 0.392 e. The van der Waals surface area contributed by atoms with Crippen molar-refractivity contribution in [3.05, 3.63) is 22.8 Å². The fraction of sp³-hybridized carbons (Fsp3) is 0.533. The van der Waals surface area contributed by atoms with Gasteiger partial charge in [-0.3, -0.25) is 4.79 Å². The minimum absolute atomic E-state index is 0.0828. The molecular weight excluding hydrogens is 266 g/mol. The molecule has 110 valence electrons. The van der Waals surface area contributed by atoms with E-state index in [1.807, 2.05) is 0 Å². The number of halogens is 2. The summed E-state index contributed by atoms with van der Waals surface area (Å²) in [6.07, 6.45) is -1.63. The van der Waals surface area contributed by atoms with Crippen molar-refractivity contribution in [1.29, 1.82) is 0 Å². The molecule has 3 nitrogen and oxygen atoms in total. The van der Waals surface area contributed by atoms with Crippen LogP contribution in [0.1, 0.15) is 27.2 Å². The van der Waals surface area contributed by atoms with Crippen LogP contribution >= 0.6 is 0 Å². The van der Waals surface area contributed by atoms with Gasteiger partial charge in [0.25, 0.3) is 6.43 Å². The molecule has 0 aliphatic heterocycles. The topological polar surface area (TPSA) is 57.5 Å². The summed E-state index contributed by atoms with van der Waals surface area (Å²) >= 11 is 0. The minimum Gasteiger partial charge on any atom is -0.392 e. The first-order valence-electron chi connectivity index (χ1n) is 6.29. The lowest BCUT2D eigenvalue weighted by Crippen LogP contribution is -2.43. The number of allylic oxidation sites excluding steroid dienone is 2. The third kappa shape index (κ3) is 3.14. The quantitative estimate of drug-likeness (QED) is 0.761. The van der Waals surface area contributed by atoms with Crippen LogP contribution in [0.25, 0.3) is 0 Å². The molecule has 2 unspecified atom stereocenters. The molecule has 0 spiro atoms. The highest BCUT2D eigenvalue weighted by molar-refractivity contribution is 5.98. The van der Waals surface area contributed by atoms with E-state index in [1.165, 1.54) is 13.0 Å². The Kier molecular flexibility index (Phi) is 5.21. The molecular formula is C15H18F2O3. The van der Waals surface area contributed by atoms with Crippen molar-refractivity contribution in [2.75, 3.05) is 6.61 Å². The van der Waals surface area contributed by atoms with Crippen molar-refractivity contribution in [1.82, 2.24) is 0 Å². The first kappa shape index (κ1) is 16.5. The number of aliphatic hydroxyl groups is 2. The van der Waals surface area contributed by atoms with E-state index in [0.717, 1.165) is 0 Å². The zero-order chi connectivity index (χ0) is 15.5. The lowest BCUT2D eigenvalue weighted by molar-refractivity contribution is -0.120. The molecule has 0 aromatic rings. The average Bonchev–Trinajstić information content (AvgIpc) is 2.34. The molecule has 0 aromatic heterocycles. The van der Waals surface area contributed by atoms with E-state index in [1.54, 1.807) is 13.8 Å². The maximum atomic E-state index is 12.9. The Morgan fingerprint density at radius 2 is 2.20 bits per heavy atom. The van der Waals surface area contributed by atoms with Gasteiger partial charge in [-0.2, -0.15) is 0 Å². The minimum atomic E-state index is -2.92. The van der Waals surface area contributed by atoms with Crippen LogP contribution < -0.4 is 0 Å². The Morgan fingerprint density at radius 1 is 1.60 bits per heavy atom. The molecule has 0 saturated carbocycles. The van der Waals surface area contributed by atoms with Crippen molar-refractivity contribution in [2.45, 2.75) is 39.2 Å². The van der Waals surface area contributed by atoms with Crippen molar-refractivity contribution in [3.8, 4) is 11.8 Å². The summed E-state index contributed by atoms with van der Waals surface area (Å²) in [5, 5.41) is 19.3. The van der Waals surface area contributed by atoms with Crippen LogP contribution in [0.3, 0.4) is 0 Å². The molecule has 20 heavy (non-hydrogen) atoms. The van der Waals surface area contributed by atoms with Crippen molar-refractivity contribution in [2.24, 2.45) is 5.92 Å². The third-order valence-corrected chi connectivity index (χ3v) is 3.55. The second-order valence-electron chi connectivity index (χ2n) is 4.95. The molecule has 0 aromatic carbocycles. The maximum absolute atomic E-state index is 12.9. The van der Waals surface area contributed by atoms with Gasteiger partial charge in [-0.25, -0.2) is 8.78 Å². The Bertz CT molecular complexity index is 523. The number of ketones is 1. The van der Waals surface area contributed by atoms with Gasteiger partial charge >= 0.3 is 0 Å². The predicted octanol–water partition coefficient (Wildman–Crippen LogP) is 1.85. The summed E-state index contributed by atoms with van der Waals surface area (Å²) in [6, 6.07) is 0. The zero-order valence-electron chi connectivity index (χ0n) is 11.7. The van der Waals surface area contributed by atoms with Crippen LogP contribution in [0.4, 0.5) is 8.78 Å². The number of hydrogen-bond donors (Lipinski definition) is 2. The highest BCUT2D eigenvalue weighted by atomic mass is 19.3. The molecule has 1 aliphatic carbocycles. The standard InChI is InChI=1S/C15H18F2O3/c1-9(5-7-18)4-6-15(20)10(2)8-12(19)13(11(15)3)14(16)17/h5,10,14,18,20H,7-8H2,1-3H3/b9-5-. The number of aliphatic hydroxyl groups excluding tert-OH is 1. The zero-order valence-corrected chi connectivity index (χ0v) is 11.7. The summed E-state index contributed by atoms with van der Waals surface area (Å²) in [4.78, 5) is 11.6. The normalized spacial score (nSPS) is 27.7. The summed E-state index contributed by atoms with van der Waals surface area (Å²) in [5.74, 6) is 4.01. The number of rotatable bonds is 2. The molecule has 0 saturated heterocycles. The molecule has 2 N–H and O–H groups in total. The summed E-state index contributed by atoms with van der Waals surface area (Å²) in [6.45, 7) is 4.36. The van der Waals surface area contributed by atoms with Gasteiger partial charge in [0.05, 0.1) is 12.2 Å². The van der Waals surface area contributed by atoms with Crippen molar-refractivity contribution in [3.63, 3.8) is 0 Å². The molecule has 1 aliphatic rings. The Morgan fingerprint density at radius 3 is 2.70 bits per heavy atom. The third-order valence-electron chi connectivity index (χ3n) is 3.55. The van der Waals surface area contributed by atoms with Gasteiger partial charge in [0.2, 0.25) is 0 Å². The molecule has 0 amide bonds. The fourth-order valence-corrected chi connectivity index (χ4v) is 2.20. The van der Waals surface area contributed by atoms with Crippen LogP contribution in [0, 0.1) is 17.8 Å². The summed E-state index contributed by atoms with van der Waals surface area (Å²) < 4.78 is 25.9. The molecule has 0 bridgehead atoms. The van der Waals surface area contributed by atoms with Gasteiger partial charge < -0.3 is 10.2 Å². The predicted molar refractivity (Wildman–Crippen MR) is 71.1 cm³/mol. The first-order chi connectivity index (χ1) is 9.24. The Hall–Kier alpha value is -1.51. The monoisotopic (exact) mass is 284 g/mol. The molecule has 2 atom stereocenters. The molecule has 0 radical (unpaired) electrons. The smallest absolute Gasteiger partial charge is 0.267 e. The summed E-state index contributed by atoms with van der Waals surface area (Å²) in [5.41, 5.74) is -1.94. The van der Waals surface area contributed by atoms with Crippen molar-refractivity contribution >= 4 is 5.78 Å². The Balaban J connectivity index is 3.32. The maximum Gasteiger partial charge on any atom is 0.267 e. The number of carbonyl (C=O) groups is 1. The van der Waals surface area contributed by atoms with Crippen LogP contribution in [0.5, 0.6) is 0 Å². The number of carbonyl (C=O) groups excluding carboxylic acids is 1. The van der Waals surface area contributed by atoms with Gasteiger partial charge in [0.1, 0.15) is 0 Å².